The van der Waals surface area contributed by atoms with Gasteiger partial charge in [-0.2, -0.15) is 0 Å². The minimum Gasteiger partial charge on any atom is -0.336 e. The number of likely N-dealkylation sites (tertiary alicyclic amines) is 1. The molecule has 6 nitrogen and oxygen atoms in total. The van der Waals surface area contributed by atoms with Crippen molar-refractivity contribution in [3.8, 4) is 0 Å². The molecular formula is C14H21N3O3S2. The first-order valence-electron chi connectivity index (χ1n) is 7.58. The minimum absolute atomic E-state index is 0.0739. The molecule has 0 unspecified atom stereocenters. The third kappa shape index (κ3) is 2.91. The number of fused-ring (bicyclic) bond motifs is 1. The summed E-state index contributed by atoms with van der Waals surface area (Å²) in [6.07, 6.45) is 0.609. The van der Waals surface area contributed by atoms with E-state index < -0.39 is 10.0 Å². The highest BCUT2D eigenvalue weighted by molar-refractivity contribution is 7.89. The maximum atomic E-state index is 12.5. The highest BCUT2D eigenvalue weighted by Gasteiger charge is 2.48. The molecule has 1 amide bonds. The van der Waals surface area contributed by atoms with Gasteiger partial charge in [-0.15, -0.1) is 11.3 Å². The molecule has 0 saturated carbocycles. The Labute approximate surface area is 135 Å². The van der Waals surface area contributed by atoms with Gasteiger partial charge >= 0.3 is 0 Å². The fraction of sp³-hybridized carbons (Fsp3) is 0.714. The van der Waals surface area contributed by atoms with Crippen LogP contribution in [-0.2, 0) is 21.4 Å². The Morgan fingerprint density at radius 2 is 2.14 bits per heavy atom. The number of carbonyl (C=O) groups is 1. The van der Waals surface area contributed by atoms with Crippen molar-refractivity contribution in [2.75, 3.05) is 25.4 Å². The van der Waals surface area contributed by atoms with Crippen LogP contribution in [0.3, 0.4) is 0 Å². The van der Waals surface area contributed by atoms with Gasteiger partial charge in [-0.3, -0.25) is 4.79 Å². The quantitative estimate of drug-likeness (QED) is 0.802. The lowest BCUT2D eigenvalue weighted by Gasteiger charge is -2.20. The van der Waals surface area contributed by atoms with Gasteiger partial charge in [0.05, 0.1) is 28.9 Å². The molecule has 3 heterocycles. The summed E-state index contributed by atoms with van der Waals surface area (Å²) < 4.78 is 25.8. The van der Waals surface area contributed by atoms with Gasteiger partial charge in [0.1, 0.15) is 0 Å². The molecule has 2 saturated heterocycles. The van der Waals surface area contributed by atoms with E-state index in [1.165, 1.54) is 4.31 Å². The number of aryl methyl sites for hydroxylation is 1. The van der Waals surface area contributed by atoms with Crippen LogP contribution < -0.4 is 0 Å². The molecule has 1 aromatic heterocycles. The van der Waals surface area contributed by atoms with Crippen molar-refractivity contribution in [1.82, 2.24) is 14.2 Å². The zero-order valence-electron chi connectivity index (χ0n) is 12.9. The van der Waals surface area contributed by atoms with Crippen LogP contribution in [0.15, 0.2) is 5.38 Å². The van der Waals surface area contributed by atoms with Crippen molar-refractivity contribution in [2.45, 2.75) is 26.8 Å². The summed E-state index contributed by atoms with van der Waals surface area (Å²) >= 11 is 1.58. The van der Waals surface area contributed by atoms with Crippen LogP contribution in [0.1, 0.15) is 24.0 Å². The Hall–Kier alpha value is -0.990. The van der Waals surface area contributed by atoms with Gasteiger partial charge in [-0.1, -0.05) is 6.92 Å². The standard InChI is InChI=1S/C14H21N3O3S2/c1-3-4-22(19,20)17-6-11-5-16(14(18)13(11)8-17)7-12-9-21-10(2)15-12/h9,11,13H,3-8H2,1-2H3/t11-,13+/m1/s1. The summed E-state index contributed by atoms with van der Waals surface area (Å²) in [4.78, 5) is 18.7. The maximum Gasteiger partial charge on any atom is 0.227 e. The minimum atomic E-state index is -3.20. The number of nitrogens with zero attached hydrogens (tertiary/aromatic N) is 3. The van der Waals surface area contributed by atoms with E-state index in [9.17, 15) is 13.2 Å². The molecule has 1 aromatic rings. The van der Waals surface area contributed by atoms with E-state index in [0.717, 1.165) is 10.7 Å². The topological polar surface area (TPSA) is 70.6 Å². The van der Waals surface area contributed by atoms with E-state index in [1.54, 1.807) is 11.3 Å². The van der Waals surface area contributed by atoms with Crippen LogP contribution in [0.5, 0.6) is 0 Å². The van der Waals surface area contributed by atoms with Gasteiger partial charge in [0, 0.05) is 30.9 Å². The van der Waals surface area contributed by atoms with Gasteiger partial charge in [0.25, 0.3) is 0 Å². The molecule has 0 aliphatic carbocycles. The Bertz CT molecular complexity index is 671. The molecular weight excluding hydrogens is 322 g/mol. The second-order valence-electron chi connectivity index (χ2n) is 6.08. The number of thiazole rings is 1. The van der Waals surface area contributed by atoms with Gasteiger partial charge in [0.15, 0.2) is 0 Å². The van der Waals surface area contributed by atoms with Gasteiger partial charge in [0.2, 0.25) is 15.9 Å². The predicted molar refractivity (Wildman–Crippen MR) is 84.9 cm³/mol. The Balaban J connectivity index is 1.65. The number of rotatable bonds is 5. The molecule has 3 rings (SSSR count). The molecule has 2 aliphatic heterocycles. The average Bonchev–Trinajstić information content (AvgIpc) is 3.10. The molecule has 0 N–H and O–H groups in total. The number of hydrogen-bond acceptors (Lipinski definition) is 5. The summed E-state index contributed by atoms with van der Waals surface area (Å²) in [5, 5.41) is 2.98. The first kappa shape index (κ1) is 15.9. The fourth-order valence-electron chi connectivity index (χ4n) is 3.34. The van der Waals surface area contributed by atoms with Crippen LogP contribution in [0.4, 0.5) is 0 Å². The van der Waals surface area contributed by atoms with E-state index in [-0.39, 0.29) is 23.5 Å². The lowest BCUT2D eigenvalue weighted by atomic mass is 10.0. The normalized spacial score (nSPS) is 25.9. The predicted octanol–water partition coefficient (Wildman–Crippen LogP) is 1.08. The highest BCUT2D eigenvalue weighted by Crippen LogP contribution is 2.34. The van der Waals surface area contributed by atoms with Crippen molar-refractivity contribution in [3.05, 3.63) is 16.1 Å². The molecule has 0 aromatic carbocycles. The second-order valence-corrected chi connectivity index (χ2v) is 9.23. The highest BCUT2D eigenvalue weighted by atomic mass is 32.2. The Kier molecular flexibility index (Phi) is 4.26. The molecule has 2 fully saturated rings. The van der Waals surface area contributed by atoms with Crippen molar-refractivity contribution in [2.24, 2.45) is 11.8 Å². The van der Waals surface area contributed by atoms with E-state index in [0.29, 0.717) is 32.6 Å². The van der Waals surface area contributed by atoms with Crippen molar-refractivity contribution in [1.29, 1.82) is 0 Å². The number of amides is 1. The van der Waals surface area contributed by atoms with Gasteiger partial charge in [-0.05, 0) is 13.3 Å². The van der Waals surface area contributed by atoms with Crippen molar-refractivity contribution >= 4 is 27.3 Å². The van der Waals surface area contributed by atoms with Gasteiger partial charge in [-0.25, -0.2) is 17.7 Å². The van der Waals surface area contributed by atoms with Crippen molar-refractivity contribution in [3.63, 3.8) is 0 Å². The molecule has 2 atom stereocenters. The van der Waals surface area contributed by atoms with Crippen LogP contribution >= 0.6 is 11.3 Å². The monoisotopic (exact) mass is 343 g/mol. The van der Waals surface area contributed by atoms with Gasteiger partial charge < -0.3 is 4.90 Å². The smallest absolute Gasteiger partial charge is 0.227 e. The molecule has 0 radical (unpaired) electrons. The van der Waals surface area contributed by atoms with E-state index >= 15 is 0 Å². The molecule has 0 bridgehead atoms. The first-order chi connectivity index (χ1) is 10.4. The lowest BCUT2D eigenvalue weighted by Crippen LogP contribution is -2.36. The number of hydrogen-bond donors (Lipinski definition) is 0. The summed E-state index contributed by atoms with van der Waals surface area (Å²) in [6, 6.07) is 0. The number of carbonyl (C=O) groups excluding carboxylic acids is 1. The average molecular weight is 343 g/mol. The molecule has 22 heavy (non-hydrogen) atoms. The van der Waals surface area contributed by atoms with Crippen LogP contribution in [0.2, 0.25) is 0 Å². The van der Waals surface area contributed by atoms with E-state index in [1.807, 2.05) is 24.1 Å². The zero-order valence-corrected chi connectivity index (χ0v) is 14.5. The molecule has 8 heteroatoms. The second kappa shape index (κ2) is 5.90. The summed E-state index contributed by atoms with van der Waals surface area (Å²) in [7, 11) is -3.20. The molecule has 2 aliphatic rings. The maximum absolute atomic E-state index is 12.5. The molecule has 0 spiro atoms. The Morgan fingerprint density at radius 1 is 1.36 bits per heavy atom. The fourth-order valence-corrected chi connectivity index (χ4v) is 5.52. The summed E-state index contributed by atoms with van der Waals surface area (Å²) in [6.45, 7) is 5.81. The first-order valence-corrected chi connectivity index (χ1v) is 10.1. The van der Waals surface area contributed by atoms with Crippen LogP contribution in [-0.4, -0.2) is 53.9 Å². The third-order valence-corrected chi connectivity index (χ3v) is 7.20. The van der Waals surface area contributed by atoms with Crippen LogP contribution in [0.25, 0.3) is 0 Å². The summed E-state index contributed by atoms with van der Waals surface area (Å²) in [5.41, 5.74) is 0.922. The number of aromatic nitrogens is 1. The zero-order chi connectivity index (χ0) is 15.9. The number of sulfonamides is 1. The van der Waals surface area contributed by atoms with E-state index in [2.05, 4.69) is 4.98 Å². The summed E-state index contributed by atoms with van der Waals surface area (Å²) in [5.74, 6) is 0.192. The SMILES string of the molecule is CCCS(=O)(=O)N1C[C@H]2CN(Cc3csc(C)n3)C(=O)[C@H]2C1. The third-order valence-electron chi connectivity index (χ3n) is 4.37. The largest absolute Gasteiger partial charge is 0.336 e. The van der Waals surface area contributed by atoms with E-state index in [4.69, 9.17) is 0 Å². The molecule has 122 valence electrons. The lowest BCUT2D eigenvalue weighted by molar-refractivity contribution is -0.131. The van der Waals surface area contributed by atoms with Crippen molar-refractivity contribution < 1.29 is 13.2 Å². The van der Waals surface area contributed by atoms with Crippen LogP contribution in [0, 0.1) is 18.8 Å². The Morgan fingerprint density at radius 3 is 2.73 bits per heavy atom.